The molecular formula is C20H23ClN4O2. The van der Waals surface area contributed by atoms with Crippen LogP contribution in [-0.4, -0.2) is 48.9 Å². The second-order valence-electron chi connectivity index (χ2n) is 6.76. The Morgan fingerprint density at radius 2 is 1.78 bits per heavy atom. The largest absolute Gasteiger partial charge is 0.343 e. The van der Waals surface area contributed by atoms with Crippen molar-refractivity contribution in [2.24, 2.45) is 0 Å². The van der Waals surface area contributed by atoms with E-state index in [-0.39, 0.29) is 18.0 Å². The molecule has 0 saturated carbocycles. The van der Waals surface area contributed by atoms with E-state index in [0.717, 1.165) is 16.8 Å². The van der Waals surface area contributed by atoms with Crippen LogP contribution in [0.3, 0.4) is 0 Å². The van der Waals surface area contributed by atoms with Gasteiger partial charge in [0.1, 0.15) is 0 Å². The van der Waals surface area contributed by atoms with E-state index in [2.05, 4.69) is 10.6 Å². The molecule has 6 nitrogen and oxygen atoms in total. The molecule has 0 unspecified atom stereocenters. The summed E-state index contributed by atoms with van der Waals surface area (Å²) < 4.78 is 0. The lowest BCUT2D eigenvalue weighted by atomic mass is 10.0. The van der Waals surface area contributed by atoms with Crippen molar-refractivity contribution in [1.29, 1.82) is 0 Å². The molecular weight excluding hydrogens is 364 g/mol. The third-order valence-electron chi connectivity index (χ3n) is 4.71. The van der Waals surface area contributed by atoms with Gasteiger partial charge in [0.25, 0.3) is 0 Å². The Hall–Kier alpha value is -2.57. The van der Waals surface area contributed by atoms with E-state index < -0.39 is 0 Å². The zero-order valence-electron chi connectivity index (χ0n) is 15.4. The van der Waals surface area contributed by atoms with Crippen molar-refractivity contribution in [3.05, 3.63) is 64.7 Å². The van der Waals surface area contributed by atoms with Crippen molar-refractivity contribution in [1.82, 2.24) is 15.1 Å². The maximum atomic E-state index is 12.1. The predicted octanol–water partition coefficient (Wildman–Crippen LogP) is 3.11. The highest BCUT2D eigenvalue weighted by Crippen LogP contribution is 2.25. The highest BCUT2D eigenvalue weighted by Gasteiger charge is 2.28. The Bertz CT molecular complexity index is 808. The summed E-state index contributed by atoms with van der Waals surface area (Å²) in [6, 6.07) is 14.9. The number of benzene rings is 2. The predicted molar refractivity (Wildman–Crippen MR) is 107 cm³/mol. The molecule has 1 atom stereocenters. The SMILES string of the molecule is CN1C[C@@H](c2ccc(NC(=O)NCc3ccc(Cl)cc3)cc2)N(C)CC1=O. The van der Waals surface area contributed by atoms with Crippen molar-refractivity contribution >= 4 is 29.2 Å². The number of rotatable bonds is 4. The third-order valence-corrected chi connectivity index (χ3v) is 4.96. The van der Waals surface area contributed by atoms with Crippen LogP contribution in [0.4, 0.5) is 10.5 Å². The first kappa shape index (κ1) is 19.2. The number of carbonyl (C=O) groups is 2. The van der Waals surface area contributed by atoms with Gasteiger partial charge >= 0.3 is 6.03 Å². The molecule has 142 valence electrons. The van der Waals surface area contributed by atoms with Gasteiger partial charge in [-0.05, 0) is 42.4 Å². The highest BCUT2D eigenvalue weighted by atomic mass is 35.5. The number of piperazine rings is 1. The van der Waals surface area contributed by atoms with Crippen molar-refractivity contribution in [3.8, 4) is 0 Å². The van der Waals surface area contributed by atoms with Gasteiger partial charge in [0.15, 0.2) is 0 Å². The number of urea groups is 1. The Labute approximate surface area is 164 Å². The number of hydrogen-bond acceptors (Lipinski definition) is 3. The smallest absolute Gasteiger partial charge is 0.319 e. The molecule has 0 aromatic heterocycles. The van der Waals surface area contributed by atoms with E-state index in [0.29, 0.717) is 24.7 Å². The summed E-state index contributed by atoms with van der Waals surface area (Å²) in [5, 5.41) is 6.31. The number of anilines is 1. The molecule has 0 bridgehead atoms. The van der Waals surface area contributed by atoms with Crippen LogP contribution in [-0.2, 0) is 11.3 Å². The summed E-state index contributed by atoms with van der Waals surface area (Å²) in [6.45, 7) is 1.49. The summed E-state index contributed by atoms with van der Waals surface area (Å²) in [5.74, 6) is 0.129. The van der Waals surface area contributed by atoms with Crippen LogP contribution in [0.25, 0.3) is 0 Å². The molecule has 0 radical (unpaired) electrons. The lowest BCUT2D eigenvalue weighted by molar-refractivity contribution is -0.136. The van der Waals surface area contributed by atoms with Crippen LogP contribution in [0.5, 0.6) is 0 Å². The van der Waals surface area contributed by atoms with Gasteiger partial charge in [-0.1, -0.05) is 35.9 Å². The molecule has 2 N–H and O–H groups in total. The monoisotopic (exact) mass is 386 g/mol. The summed E-state index contributed by atoms with van der Waals surface area (Å²) in [4.78, 5) is 27.6. The molecule has 1 aliphatic heterocycles. The first-order chi connectivity index (χ1) is 12.9. The molecule has 1 heterocycles. The number of amides is 3. The number of halogens is 1. The van der Waals surface area contributed by atoms with Gasteiger partial charge in [0.05, 0.1) is 12.6 Å². The van der Waals surface area contributed by atoms with E-state index in [1.54, 1.807) is 17.0 Å². The maximum absolute atomic E-state index is 12.1. The zero-order chi connectivity index (χ0) is 19.4. The minimum Gasteiger partial charge on any atom is -0.343 e. The van der Waals surface area contributed by atoms with Crippen molar-refractivity contribution in [2.45, 2.75) is 12.6 Å². The second kappa shape index (κ2) is 8.41. The van der Waals surface area contributed by atoms with Crippen LogP contribution in [0, 0.1) is 0 Å². The fraction of sp³-hybridized carbons (Fsp3) is 0.300. The summed E-state index contributed by atoms with van der Waals surface area (Å²) in [7, 11) is 3.77. The van der Waals surface area contributed by atoms with Crippen molar-refractivity contribution in [3.63, 3.8) is 0 Å². The highest BCUT2D eigenvalue weighted by molar-refractivity contribution is 6.30. The quantitative estimate of drug-likeness (QED) is 0.848. The summed E-state index contributed by atoms with van der Waals surface area (Å²) >= 11 is 5.85. The number of carbonyl (C=O) groups excluding carboxylic acids is 2. The van der Waals surface area contributed by atoms with Gasteiger partial charge in [-0.15, -0.1) is 0 Å². The lowest BCUT2D eigenvalue weighted by Gasteiger charge is -2.37. The van der Waals surface area contributed by atoms with Crippen molar-refractivity contribution < 1.29 is 9.59 Å². The van der Waals surface area contributed by atoms with Gasteiger partial charge in [-0.2, -0.15) is 0 Å². The summed E-state index contributed by atoms with van der Waals surface area (Å²) in [5.41, 5.74) is 2.81. The number of hydrogen-bond donors (Lipinski definition) is 2. The minimum absolute atomic E-state index is 0.129. The summed E-state index contributed by atoms with van der Waals surface area (Å²) in [6.07, 6.45) is 0. The van der Waals surface area contributed by atoms with E-state index in [1.165, 1.54) is 0 Å². The first-order valence-corrected chi connectivity index (χ1v) is 9.13. The molecule has 2 aromatic rings. The molecule has 3 rings (SSSR count). The topological polar surface area (TPSA) is 64.7 Å². The normalized spacial score (nSPS) is 17.7. The fourth-order valence-corrected chi connectivity index (χ4v) is 3.18. The van der Waals surface area contributed by atoms with E-state index in [9.17, 15) is 9.59 Å². The Morgan fingerprint density at radius 3 is 2.44 bits per heavy atom. The number of likely N-dealkylation sites (N-methyl/N-ethyl adjacent to an activating group) is 2. The third kappa shape index (κ3) is 4.99. The standard InChI is InChI=1S/C20H23ClN4O2/c1-24-13-19(26)25(2)12-18(24)15-5-9-17(10-6-15)23-20(27)22-11-14-3-7-16(21)8-4-14/h3-10,18H,11-13H2,1-2H3,(H2,22,23,27)/t18-/m0/s1. The fourth-order valence-electron chi connectivity index (χ4n) is 3.05. The van der Waals surface area contributed by atoms with Crippen LogP contribution in [0.2, 0.25) is 5.02 Å². The van der Waals surface area contributed by atoms with Gasteiger partial charge < -0.3 is 15.5 Å². The molecule has 7 heteroatoms. The molecule has 0 spiro atoms. The average molecular weight is 387 g/mol. The Kier molecular flexibility index (Phi) is 5.98. The molecule has 1 fully saturated rings. The van der Waals surface area contributed by atoms with Crippen LogP contribution in [0.15, 0.2) is 48.5 Å². The zero-order valence-corrected chi connectivity index (χ0v) is 16.2. The average Bonchev–Trinajstić information content (AvgIpc) is 2.65. The van der Waals surface area contributed by atoms with Crippen molar-refractivity contribution in [2.75, 3.05) is 32.5 Å². The van der Waals surface area contributed by atoms with Crippen LogP contribution >= 0.6 is 11.6 Å². The number of nitrogens with one attached hydrogen (secondary N) is 2. The van der Waals surface area contributed by atoms with Crippen LogP contribution < -0.4 is 10.6 Å². The van der Waals surface area contributed by atoms with Gasteiger partial charge in [-0.25, -0.2) is 4.79 Å². The van der Waals surface area contributed by atoms with Gasteiger partial charge in [0, 0.05) is 30.8 Å². The second-order valence-corrected chi connectivity index (χ2v) is 7.20. The lowest BCUT2D eigenvalue weighted by Crippen LogP contribution is -2.48. The molecule has 3 amide bonds. The van der Waals surface area contributed by atoms with Crippen LogP contribution in [0.1, 0.15) is 17.2 Å². The van der Waals surface area contributed by atoms with E-state index in [4.69, 9.17) is 11.6 Å². The van der Waals surface area contributed by atoms with E-state index >= 15 is 0 Å². The minimum atomic E-state index is -0.266. The molecule has 1 aliphatic rings. The molecule has 2 aromatic carbocycles. The molecule has 27 heavy (non-hydrogen) atoms. The molecule has 0 aliphatic carbocycles. The maximum Gasteiger partial charge on any atom is 0.319 e. The van der Waals surface area contributed by atoms with E-state index in [1.807, 2.05) is 55.4 Å². The van der Waals surface area contributed by atoms with Gasteiger partial charge in [0.2, 0.25) is 5.91 Å². The number of nitrogens with zero attached hydrogens (tertiary/aromatic N) is 2. The molecule has 1 saturated heterocycles. The van der Waals surface area contributed by atoms with Gasteiger partial charge in [-0.3, -0.25) is 9.69 Å². The Balaban J connectivity index is 1.54. The first-order valence-electron chi connectivity index (χ1n) is 8.76. The Morgan fingerprint density at radius 1 is 1.11 bits per heavy atom.